The first-order valence-corrected chi connectivity index (χ1v) is 11.5. The van der Waals surface area contributed by atoms with Crippen LogP contribution in [0.3, 0.4) is 0 Å². The molecule has 0 radical (unpaired) electrons. The molecule has 0 spiro atoms. The van der Waals surface area contributed by atoms with Crippen LogP contribution in [0.25, 0.3) is 11.2 Å². The summed E-state index contributed by atoms with van der Waals surface area (Å²) in [5.41, 5.74) is -0.0561. The van der Waals surface area contributed by atoms with Gasteiger partial charge in [-0.2, -0.15) is 13.2 Å². The summed E-state index contributed by atoms with van der Waals surface area (Å²) in [5.74, 6) is -1.94. The Morgan fingerprint density at radius 1 is 1.05 bits per heavy atom. The number of amides is 1. The zero-order valence-electron chi connectivity index (χ0n) is 19.3. The summed E-state index contributed by atoms with van der Waals surface area (Å²) in [4.78, 5) is 45.1. The van der Waals surface area contributed by atoms with E-state index < -0.39 is 29.1 Å². The Hall–Kier alpha value is -4.22. The van der Waals surface area contributed by atoms with Crippen LogP contribution < -0.4 is 16.6 Å². The highest BCUT2D eigenvalue weighted by atomic mass is 19.4. The molecule has 12 heteroatoms. The van der Waals surface area contributed by atoms with Gasteiger partial charge in [-0.1, -0.05) is 30.3 Å². The highest BCUT2D eigenvalue weighted by Gasteiger charge is 2.38. The number of rotatable bonds is 7. The number of hydrogen-bond acceptors (Lipinski definition) is 4. The molecule has 192 valence electrons. The summed E-state index contributed by atoms with van der Waals surface area (Å²) in [6.45, 7) is 0.148. The average molecular weight is 515 g/mol. The number of benzene rings is 2. The number of alkyl halides is 3. The molecule has 2 aromatic carbocycles. The van der Waals surface area contributed by atoms with Gasteiger partial charge in [0.1, 0.15) is 17.2 Å². The lowest BCUT2D eigenvalue weighted by molar-refractivity contribution is -0.167. The summed E-state index contributed by atoms with van der Waals surface area (Å²) >= 11 is 0. The standard InChI is InChI=1S/C25H21F4N5O3/c26-18-4-2-1-3-16(18)13-34-22(35)20-21(33(24(34)37)12-15-5-6-15)32-19(31-20)11-14-7-9-17(10-8-14)30-23(36)25(27,28)29/h1-4,7-10,15H,5-6,11-13H2,(H,30,36)(H,31,32). The molecule has 1 fully saturated rings. The number of fused-ring (bicyclic) bond motifs is 1. The molecule has 0 aliphatic heterocycles. The second kappa shape index (κ2) is 9.34. The highest BCUT2D eigenvalue weighted by molar-refractivity contribution is 5.94. The second-order valence-electron chi connectivity index (χ2n) is 9.03. The molecule has 8 nitrogen and oxygen atoms in total. The first kappa shape index (κ1) is 24.5. The first-order chi connectivity index (χ1) is 17.6. The lowest BCUT2D eigenvalue weighted by Gasteiger charge is -2.11. The molecule has 37 heavy (non-hydrogen) atoms. The van der Waals surface area contributed by atoms with E-state index in [1.807, 2.05) is 0 Å². The molecule has 0 bridgehead atoms. The molecule has 0 atom stereocenters. The third-order valence-electron chi connectivity index (χ3n) is 6.18. The molecule has 1 aliphatic rings. The van der Waals surface area contributed by atoms with E-state index in [2.05, 4.69) is 9.97 Å². The zero-order valence-corrected chi connectivity index (χ0v) is 19.3. The van der Waals surface area contributed by atoms with Crippen molar-refractivity contribution in [3.63, 3.8) is 0 Å². The fourth-order valence-corrected chi connectivity index (χ4v) is 4.06. The Balaban J connectivity index is 1.47. The van der Waals surface area contributed by atoms with E-state index in [4.69, 9.17) is 0 Å². The van der Waals surface area contributed by atoms with Crippen molar-refractivity contribution >= 4 is 22.8 Å². The SMILES string of the molecule is O=C(Nc1ccc(Cc2nc3c([nH]2)c(=O)n(Cc2ccccc2F)c(=O)n3CC2CC2)cc1)C(F)(F)F. The van der Waals surface area contributed by atoms with Crippen LogP contribution in [0, 0.1) is 11.7 Å². The van der Waals surface area contributed by atoms with Gasteiger partial charge in [0.05, 0.1) is 6.54 Å². The van der Waals surface area contributed by atoms with Gasteiger partial charge in [0.15, 0.2) is 5.65 Å². The van der Waals surface area contributed by atoms with E-state index in [-0.39, 0.29) is 35.4 Å². The van der Waals surface area contributed by atoms with Gasteiger partial charge in [-0.15, -0.1) is 0 Å². The van der Waals surface area contributed by atoms with E-state index in [1.165, 1.54) is 47.0 Å². The highest BCUT2D eigenvalue weighted by Crippen LogP contribution is 2.30. The molecule has 5 rings (SSSR count). The van der Waals surface area contributed by atoms with E-state index in [0.717, 1.165) is 17.4 Å². The summed E-state index contributed by atoms with van der Waals surface area (Å²) < 4.78 is 54.0. The van der Waals surface area contributed by atoms with E-state index >= 15 is 0 Å². The molecule has 2 aromatic heterocycles. The van der Waals surface area contributed by atoms with Gasteiger partial charge >= 0.3 is 17.8 Å². The number of carbonyl (C=O) groups is 1. The van der Waals surface area contributed by atoms with Crippen LogP contribution in [-0.2, 0) is 24.3 Å². The van der Waals surface area contributed by atoms with Crippen LogP contribution in [0.2, 0.25) is 0 Å². The van der Waals surface area contributed by atoms with E-state index in [0.29, 0.717) is 23.9 Å². The van der Waals surface area contributed by atoms with Crippen LogP contribution in [0.15, 0.2) is 58.1 Å². The molecular weight excluding hydrogens is 494 g/mol. The van der Waals surface area contributed by atoms with Crippen LogP contribution in [0.5, 0.6) is 0 Å². The number of H-pyrrole nitrogens is 1. The van der Waals surface area contributed by atoms with Crippen molar-refractivity contribution in [1.82, 2.24) is 19.1 Å². The number of aromatic amines is 1. The normalized spacial score (nSPS) is 13.7. The van der Waals surface area contributed by atoms with Crippen molar-refractivity contribution in [3.8, 4) is 0 Å². The predicted octanol–water partition coefficient (Wildman–Crippen LogP) is 3.58. The van der Waals surface area contributed by atoms with Crippen molar-refractivity contribution in [3.05, 3.63) is 92.1 Å². The number of hydrogen-bond donors (Lipinski definition) is 2. The Bertz CT molecular complexity index is 1600. The number of imidazole rings is 1. The van der Waals surface area contributed by atoms with Crippen molar-refractivity contribution < 1.29 is 22.4 Å². The van der Waals surface area contributed by atoms with Crippen molar-refractivity contribution in [1.29, 1.82) is 0 Å². The molecule has 1 saturated carbocycles. The first-order valence-electron chi connectivity index (χ1n) is 11.5. The fraction of sp³-hybridized carbons (Fsp3) is 0.280. The Morgan fingerprint density at radius 3 is 2.41 bits per heavy atom. The van der Waals surface area contributed by atoms with Crippen LogP contribution >= 0.6 is 0 Å². The Morgan fingerprint density at radius 2 is 1.76 bits per heavy atom. The Labute approximate surface area is 206 Å². The molecule has 0 saturated heterocycles. The van der Waals surface area contributed by atoms with Gasteiger partial charge in [-0.25, -0.2) is 14.2 Å². The average Bonchev–Trinajstić information content (AvgIpc) is 3.58. The fourth-order valence-electron chi connectivity index (χ4n) is 4.06. The lowest BCUT2D eigenvalue weighted by atomic mass is 10.1. The third kappa shape index (κ3) is 5.18. The molecule has 1 amide bonds. The minimum Gasteiger partial charge on any atom is -0.336 e. The summed E-state index contributed by atoms with van der Waals surface area (Å²) in [5, 5.41) is 1.77. The molecular formula is C25H21F4N5O3. The minimum atomic E-state index is -5.00. The van der Waals surface area contributed by atoms with Gasteiger partial charge in [0, 0.05) is 24.2 Å². The zero-order chi connectivity index (χ0) is 26.3. The topological polar surface area (TPSA) is 102 Å². The van der Waals surface area contributed by atoms with Crippen LogP contribution in [0.1, 0.15) is 29.8 Å². The number of nitrogens with zero attached hydrogens (tertiary/aromatic N) is 3. The van der Waals surface area contributed by atoms with Crippen molar-refractivity contribution in [2.75, 3.05) is 5.32 Å². The summed E-state index contributed by atoms with van der Waals surface area (Å²) in [6.07, 6.45) is -2.90. The van der Waals surface area contributed by atoms with Gasteiger partial charge in [-0.05, 0) is 42.5 Å². The largest absolute Gasteiger partial charge is 0.471 e. The van der Waals surface area contributed by atoms with Gasteiger partial charge in [0.2, 0.25) is 0 Å². The molecule has 1 aliphatic carbocycles. The Kier molecular flexibility index (Phi) is 6.18. The van der Waals surface area contributed by atoms with E-state index in [9.17, 15) is 31.9 Å². The predicted molar refractivity (Wildman–Crippen MR) is 127 cm³/mol. The molecule has 0 unspecified atom stereocenters. The number of anilines is 1. The lowest BCUT2D eigenvalue weighted by Crippen LogP contribution is -2.40. The summed E-state index contributed by atoms with van der Waals surface area (Å²) in [7, 11) is 0. The monoisotopic (exact) mass is 515 g/mol. The van der Waals surface area contributed by atoms with Crippen LogP contribution in [-0.4, -0.2) is 31.2 Å². The number of halogens is 4. The van der Waals surface area contributed by atoms with E-state index in [1.54, 1.807) is 11.4 Å². The quantitative estimate of drug-likeness (QED) is 0.368. The third-order valence-corrected chi connectivity index (χ3v) is 6.18. The van der Waals surface area contributed by atoms with Crippen LogP contribution in [0.4, 0.5) is 23.2 Å². The number of aromatic nitrogens is 4. The maximum absolute atomic E-state index is 14.3. The second-order valence-corrected chi connectivity index (χ2v) is 9.03. The molecule has 2 N–H and O–H groups in total. The van der Waals surface area contributed by atoms with Gasteiger partial charge in [-0.3, -0.25) is 18.7 Å². The minimum absolute atomic E-state index is 0.0232. The maximum Gasteiger partial charge on any atom is 0.471 e. The van der Waals surface area contributed by atoms with Crippen molar-refractivity contribution in [2.24, 2.45) is 5.92 Å². The maximum atomic E-state index is 14.3. The van der Waals surface area contributed by atoms with Crippen molar-refractivity contribution in [2.45, 2.75) is 38.5 Å². The smallest absolute Gasteiger partial charge is 0.336 e. The number of nitrogens with one attached hydrogen (secondary N) is 2. The van der Waals surface area contributed by atoms with Gasteiger partial charge in [0.25, 0.3) is 5.56 Å². The van der Waals surface area contributed by atoms with Gasteiger partial charge < -0.3 is 10.3 Å². The molecule has 2 heterocycles. The number of carbonyl (C=O) groups excluding carboxylic acids is 1. The molecule has 4 aromatic rings. The summed E-state index contributed by atoms with van der Waals surface area (Å²) in [6, 6.07) is 11.6.